The normalized spacial score (nSPS) is 17.8. The summed E-state index contributed by atoms with van der Waals surface area (Å²) in [6.45, 7) is 3.82. The van der Waals surface area contributed by atoms with Gasteiger partial charge in [0.2, 0.25) is 5.91 Å². The number of rotatable bonds is 3. The van der Waals surface area contributed by atoms with Crippen molar-refractivity contribution in [3.63, 3.8) is 0 Å². The number of nitrogens with one attached hydrogen (secondary N) is 1. The number of aryl methyl sites for hydroxylation is 2. The smallest absolute Gasteiger partial charge is 0.237 e. The van der Waals surface area contributed by atoms with Gasteiger partial charge >= 0.3 is 0 Å². The first-order valence-corrected chi connectivity index (χ1v) is 7.92. The predicted molar refractivity (Wildman–Crippen MR) is 89.3 cm³/mol. The van der Waals surface area contributed by atoms with Crippen molar-refractivity contribution < 1.29 is 4.79 Å². The Morgan fingerprint density at radius 1 is 1.24 bits per heavy atom. The van der Waals surface area contributed by atoms with Crippen LogP contribution < -0.4 is 11.1 Å². The average Bonchev–Trinajstić information content (AvgIpc) is 2.68. The Hall–Kier alpha value is -1.49. The molecule has 1 saturated carbocycles. The van der Waals surface area contributed by atoms with Crippen LogP contribution in [0.3, 0.4) is 0 Å². The second kappa shape index (κ2) is 6.52. The number of nitrogens with zero attached hydrogens (tertiary/aromatic N) is 1. The van der Waals surface area contributed by atoms with Crippen LogP contribution >= 0.6 is 12.2 Å². The van der Waals surface area contributed by atoms with E-state index in [9.17, 15) is 4.79 Å². The highest BCUT2D eigenvalue weighted by Gasteiger charge is 2.41. The highest BCUT2D eigenvalue weighted by atomic mass is 32.1. The summed E-state index contributed by atoms with van der Waals surface area (Å²) >= 11 is 5.24. The number of anilines is 1. The molecule has 21 heavy (non-hydrogen) atoms. The number of carbonyl (C=O) groups is 1. The van der Waals surface area contributed by atoms with Gasteiger partial charge in [0.25, 0.3) is 0 Å². The van der Waals surface area contributed by atoms with E-state index in [0.29, 0.717) is 4.99 Å². The van der Waals surface area contributed by atoms with Gasteiger partial charge in [-0.3, -0.25) is 9.78 Å². The molecule has 0 unspecified atom stereocenters. The molecule has 3 N–H and O–H groups in total. The molecule has 0 aromatic carbocycles. The molecule has 4 nitrogen and oxygen atoms in total. The van der Waals surface area contributed by atoms with Gasteiger partial charge in [-0.25, -0.2) is 0 Å². The lowest BCUT2D eigenvalue weighted by molar-refractivity contribution is -0.122. The molecular weight excluding hydrogens is 282 g/mol. The monoisotopic (exact) mass is 305 g/mol. The Morgan fingerprint density at radius 2 is 1.86 bits per heavy atom. The van der Waals surface area contributed by atoms with Gasteiger partial charge in [-0.05, 0) is 38.8 Å². The molecule has 1 aromatic heterocycles. The number of hydrogen-bond donors (Lipinski definition) is 2. The molecule has 5 heteroatoms. The van der Waals surface area contributed by atoms with Crippen LogP contribution in [0, 0.1) is 19.3 Å². The Bertz CT molecular complexity index is 548. The zero-order chi connectivity index (χ0) is 15.5. The number of hydrogen-bond acceptors (Lipinski definition) is 3. The topological polar surface area (TPSA) is 68.0 Å². The maximum atomic E-state index is 12.8. The van der Waals surface area contributed by atoms with Crippen molar-refractivity contribution in [2.75, 3.05) is 5.32 Å². The van der Waals surface area contributed by atoms with Crippen molar-refractivity contribution in [3.8, 4) is 0 Å². The van der Waals surface area contributed by atoms with E-state index in [1.54, 1.807) is 0 Å². The predicted octanol–water partition coefficient (Wildman–Crippen LogP) is 3.26. The summed E-state index contributed by atoms with van der Waals surface area (Å²) in [4.78, 5) is 17.5. The number of nitrogens with two attached hydrogens (primary N) is 1. The number of pyridine rings is 1. The van der Waals surface area contributed by atoms with Gasteiger partial charge in [0.05, 0.1) is 21.8 Å². The van der Waals surface area contributed by atoms with E-state index < -0.39 is 5.41 Å². The van der Waals surface area contributed by atoms with Gasteiger partial charge in [0.1, 0.15) is 0 Å². The summed E-state index contributed by atoms with van der Waals surface area (Å²) in [5, 5.41) is 2.99. The van der Waals surface area contributed by atoms with Crippen molar-refractivity contribution in [2.24, 2.45) is 11.1 Å². The molecule has 0 saturated heterocycles. The zero-order valence-corrected chi connectivity index (χ0v) is 13.6. The summed E-state index contributed by atoms with van der Waals surface area (Å²) in [5.41, 5.74) is 7.73. The van der Waals surface area contributed by atoms with Crippen LogP contribution in [-0.4, -0.2) is 15.9 Å². The van der Waals surface area contributed by atoms with Crippen molar-refractivity contribution in [3.05, 3.63) is 23.5 Å². The minimum Gasteiger partial charge on any atom is -0.392 e. The molecule has 2 rings (SSSR count). The number of aromatic nitrogens is 1. The highest BCUT2D eigenvalue weighted by Crippen LogP contribution is 2.36. The van der Waals surface area contributed by atoms with Crippen LogP contribution in [-0.2, 0) is 4.79 Å². The SMILES string of the molecule is Cc1ccc(NC(=O)C2(C(N)=S)CCCCCC2)c(C)n1. The zero-order valence-electron chi connectivity index (χ0n) is 12.7. The summed E-state index contributed by atoms with van der Waals surface area (Å²) in [6.07, 6.45) is 5.76. The van der Waals surface area contributed by atoms with E-state index in [1.165, 1.54) is 0 Å². The Balaban J connectivity index is 2.24. The van der Waals surface area contributed by atoms with Gasteiger partial charge in [-0.1, -0.05) is 37.9 Å². The summed E-state index contributed by atoms with van der Waals surface area (Å²) in [5.74, 6) is -0.0781. The van der Waals surface area contributed by atoms with Crippen LogP contribution in [0.1, 0.15) is 49.9 Å². The minimum atomic E-state index is -0.705. The van der Waals surface area contributed by atoms with Crippen molar-refractivity contribution >= 4 is 28.8 Å². The van der Waals surface area contributed by atoms with E-state index in [2.05, 4.69) is 10.3 Å². The molecule has 1 fully saturated rings. The van der Waals surface area contributed by atoms with E-state index in [4.69, 9.17) is 18.0 Å². The minimum absolute atomic E-state index is 0.0781. The Morgan fingerprint density at radius 3 is 2.38 bits per heavy atom. The molecule has 1 aromatic rings. The highest BCUT2D eigenvalue weighted by molar-refractivity contribution is 7.80. The van der Waals surface area contributed by atoms with E-state index in [-0.39, 0.29) is 5.91 Å². The van der Waals surface area contributed by atoms with E-state index in [1.807, 2.05) is 26.0 Å². The molecule has 1 amide bonds. The fourth-order valence-corrected chi connectivity index (χ4v) is 3.27. The maximum absolute atomic E-state index is 12.8. The molecule has 0 spiro atoms. The van der Waals surface area contributed by atoms with Crippen LogP contribution in [0.4, 0.5) is 5.69 Å². The van der Waals surface area contributed by atoms with Crippen molar-refractivity contribution in [1.29, 1.82) is 0 Å². The summed E-state index contributed by atoms with van der Waals surface area (Å²) < 4.78 is 0. The lowest BCUT2D eigenvalue weighted by Gasteiger charge is -2.30. The van der Waals surface area contributed by atoms with Gasteiger partial charge in [-0.15, -0.1) is 0 Å². The van der Waals surface area contributed by atoms with Crippen LogP contribution in [0.15, 0.2) is 12.1 Å². The Kier molecular flexibility index (Phi) is 4.93. The number of amides is 1. The third-order valence-electron chi connectivity index (χ3n) is 4.34. The van der Waals surface area contributed by atoms with Crippen LogP contribution in [0.5, 0.6) is 0 Å². The first-order chi connectivity index (χ1) is 9.95. The van der Waals surface area contributed by atoms with Crippen LogP contribution in [0.25, 0.3) is 0 Å². The third kappa shape index (κ3) is 3.40. The largest absolute Gasteiger partial charge is 0.392 e. The van der Waals surface area contributed by atoms with E-state index in [0.717, 1.165) is 55.6 Å². The molecule has 0 atom stereocenters. The number of thiocarbonyl (C=S) groups is 1. The quantitative estimate of drug-likeness (QED) is 0.664. The first-order valence-electron chi connectivity index (χ1n) is 7.51. The molecule has 1 aliphatic carbocycles. The molecular formula is C16H23N3OS. The lowest BCUT2D eigenvalue weighted by atomic mass is 9.79. The van der Waals surface area contributed by atoms with Crippen molar-refractivity contribution in [1.82, 2.24) is 4.98 Å². The summed E-state index contributed by atoms with van der Waals surface area (Å²) in [6, 6.07) is 3.78. The van der Waals surface area contributed by atoms with Gasteiger partial charge in [0.15, 0.2) is 0 Å². The van der Waals surface area contributed by atoms with E-state index >= 15 is 0 Å². The fraction of sp³-hybridized carbons (Fsp3) is 0.562. The first kappa shape index (κ1) is 15.9. The standard InChI is InChI=1S/C16H23N3OS/c1-11-7-8-13(12(2)18-11)19-15(20)16(14(17)21)9-5-3-4-6-10-16/h7-8H,3-6,9-10H2,1-2H3,(H2,17,21)(H,19,20). The second-order valence-electron chi connectivity index (χ2n) is 5.90. The number of carbonyl (C=O) groups excluding carboxylic acids is 1. The van der Waals surface area contributed by atoms with Crippen LogP contribution in [0.2, 0.25) is 0 Å². The fourth-order valence-electron chi connectivity index (χ4n) is 2.98. The third-order valence-corrected chi connectivity index (χ3v) is 4.73. The molecule has 0 aliphatic heterocycles. The average molecular weight is 305 g/mol. The van der Waals surface area contributed by atoms with Gasteiger partial charge in [0, 0.05) is 5.69 Å². The Labute approximate surface area is 131 Å². The molecule has 1 heterocycles. The molecule has 114 valence electrons. The molecule has 0 bridgehead atoms. The maximum Gasteiger partial charge on any atom is 0.237 e. The lowest BCUT2D eigenvalue weighted by Crippen LogP contribution is -2.45. The van der Waals surface area contributed by atoms with Gasteiger partial charge < -0.3 is 11.1 Å². The summed E-state index contributed by atoms with van der Waals surface area (Å²) in [7, 11) is 0. The second-order valence-corrected chi connectivity index (χ2v) is 6.34. The molecule has 0 radical (unpaired) electrons. The van der Waals surface area contributed by atoms with Crippen molar-refractivity contribution in [2.45, 2.75) is 52.4 Å². The molecule has 1 aliphatic rings. The van der Waals surface area contributed by atoms with Gasteiger partial charge in [-0.2, -0.15) is 0 Å².